The van der Waals surface area contributed by atoms with Gasteiger partial charge in [-0.25, -0.2) is 0 Å². The summed E-state index contributed by atoms with van der Waals surface area (Å²) in [6, 6.07) is 9.34. The van der Waals surface area contributed by atoms with Gasteiger partial charge in [0.1, 0.15) is 0 Å². The van der Waals surface area contributed by atoms with E-state index in [1.54, 1.807) is 0 Å². The van der Waals surface area contributed by atoms with E-state index in [0.717, 1.165) is 11.4 Å². The number of piperidine rings is 1. The first kappa shape index (κ1) is 14.9. The van der Waals surface area contributed by atoms with Crippen molar-refractivity contribution in [2.75, 3.05) is 13.7 Å². The van der Waals surface area contributed by atoms with Crippen LogP contribution in [-0.4, -0.2) is 36.6 Å². The summed E-state index contributed by atoms with van der Waals surface area (Å²) in [5.74, 6) is 0.641. The minimum Gasteiger partial charge on any atom is -0.465 e. The third-order valence-electron chi connectivity index (χ3n) is 5.21. The summed E-state index contributed by atoms with van der Waals surface area (Å²) in [6.45, 7) is 2.01. The van der Waals surface area contributed by atoms with Crippen molar-refractivity contribution in [2.45, 2.75) is 44.2 Å². The molecule has 0 spiro atoms. The highest BCUT2D eigenvalue weighted by Gasteiger charge is 2.46. The van der Waals surface area contributed by atoms with Gasteiger partial charge in [-0.15, -0.1) is 0 Å². The zero-order chi connectivity index (χ0) is 15.0. The molecule has 2 fully saturated rings. The first-order valence-electron chi connectivity index (χ1n) is 7.67. The van der Waals surface area contributed by atoms with Gasteiger partial charge >= 0.3 is 5.97 Å². The smallest absolute Gasteiger partial charge is 0.302 e. The van der Waals surface area contributed by atoms with E-state index in [4.69, 9.17) is 16.3 Å². The first-order valence-corrected chi connectivity index (χ1v) is 8.05. The lowest BCUT2D eigenvalue weighted by molar-refractivity contribution is -0.143. The Morgan fingerprint density at radius 2 is 2.05 bits per heavy atom. The molecule has 1 aromatic carbocycles. The van der Waals surface area contributed by atoms with Crippen molar-refractivity contribution < 1.29 is 9.53 Å². The number of carbonyl (C=O) groups excluding carboxylic acids is 1. The summed E-state index contributed by atoms with van der Waals surface area (Å²) < 4.78 is 5.36. The number of nitrogens with zero attached hydrogens (tertiary/aromatic N) is 1. The van der Waals surface area contributed by atoms with Crippen LogP contribution in [0.2, 0.25) is 5.02 Å². The van der Waals surface area contributed by atoms with Gasteiger partial charge in [0.2, 0.25) is 0 Å². The Bertz CT molecular complexity index is 516. The lowest BCUT2D eigenvalue weighted by Crippen LogP contribution is -2.47. The van der Waals surface area contributed by atoms with Crippen molar-refractivity contribution in [2.24, 2.45) is 5.92 Å². The SMILES string of the molecule is CC(=O)OC[C@H]1[C@@H](c2ccc(Cl)cc2)C[C@@H]2CC[C@H]1N2C. The van der Waals surface area contributed by atoms with E-state index < -0.39 is 0 Å². The zero-order valence-corrected chi connectivity index (χ0v) is 13.3. The number of ether oxygens (including phenoxy) is 1. The maximum absolute atomic E-state index is 11.2. The fraction of sp³-hybridized carbons (Fsp3) is 0.588. The lowest BCUT2D eigenvalue weighted by Gasteiger charge is -2.43. The fourth-order valence-electron chi connectivity index (χ4n) is 4.11. The topological polar surface area (TPSA) is 29.5 Å². The van der Waals surface area contributed by atoms with Gasteiger partial charge in [0.05, 0.1) is 6.61 Å². The van der Waals surface area contributed by atoms with Crippen LogP contribution in [0.1, 0.15) is 37.7 Å². The summed E-state index contributed by atoms with van der Waals surface area (Å²) >= 11 is 6.00. The van der Waals surface area contributed by atoms with Crippen molar-refractivity contribution in [1.82, 2.24) is 4.90 Å². The Morgan fingerprint density at radius 1 is 1.33 bits per heavy atom. The molecule has 3 nitrogen and oxygen atoms in total. The third kappa shape index (κ3) is 2.95. The first-order chi connectivity index (χ1) is 10.1. The van der Waals surface area contributed by atoms with Gasteiger partial charge in [0, 0.05) is 29.9 Å². The molecule has 2 aliphatic rings. The molecule has 0 N–H and O–H groups in total. The molecule has 2 heterocycles. The molecule has 0 unspecified atom stereocenters. The largest absolute Gasteiger partial charge is 0.465 e. The summed E-state index contributed by atoms with van der Waals surface area (Å²) in [6.07, 6.45) is 3.60. The Balaban J connectivity index is 1.85. The van der Waals surface area contributed by atoms with Crippen LogP contribution in [0.4, 0.5) is 0 Å². The van der Waals surface area contributed by atoms with E-state index in [2.05, 4.69) is 24.1 Å². The molecule has 2 bridgehead atoms. The van der Waals surface area contributed by atoms with Gasteiger partial charge in [0.15, 0.2) is 0 Å². The molecule has 0 saturated carbocycles. The molecule has 4 atom stereocenters. The Morgan fingerprint density at radius 3 is 2.71 bits per heavy atom. The molecule has 114 valence electrons. The van der Waals surface area contributed by atoms with Crippen LogP contribution in [-0.2, 0) is 9.53 Å². The Hall–Kier alpha value is -1.06. The molecule has 4 heteroatoms. The molecule has 0 aliphatic carbocycles. The van der Waals surface area contributed by atoms with Crippen molar-refractivity contribution in [3.05, 3.63) is 34.9 Å². The molecule has 2 aliphatic heterocycles. The number of fused-ring (bicyclic) bond motifs is 2. The third-order valence-corrected chi connectivity index (χ3v) is 5.46. The van der Waals surface area contributed by atoms with E-state index in [0.29, 0.717) is 30.5 Å². The quantitative estimate of drug-likeness (QED) is 0.801. The maximum Gasteiger partial charge on any atom is 0.302 e. The van der Waals surface area contributed by atoms with Crippen LogP contribution in [0.25, 0.3) is 0 Å². The van der Waals surface area contributed by atoms with Crippen LogP contribution >= 0.6 is 11.6 Å². The van der Waals surface area contributed by atoms with Crippen molar-refractivity contribution in [1.29, 1.82) is 0 Å². The number of hydrogen-bond acceptors (Lipinski definition) is 3. The molecule has 3 rings (SSSR count). The number of rotatable bonds is 3. The number of benzene rings is 1. The average Bonchev–Trinajstić information content (AvgIpc) is 2.70. The minimum absolute atomic E-state index is 0.187. The van der Waals surface area contributed by atoms with Crippen LogP contribution in [0.15, 0.2) is 24.3 Å². The van der Waals surface area contributed by atoms with E-state index >= 15 is 0 Å². The molecule has 1 aromatic rings. The maximum atomic E-state index is 11.2. The van der Waals surface area contributed by atoms with Gasteiger partial charge in [-0.05, 0) is 49.9 Å². The molecule has 0 radical (unpaired) electrons. The van der Waals surface area contributed by atoms with Gasteiger partial charge in [0.25, 0.3) is 0 Å². The predicted octanol–water partition coefficient (Wildman–Crippen LogP) is 3.47. The highest BCUT2D eigenvalue weighted by molar-refractivity contribution is 6.30. The Kier molecular flexibility index (Phi) is 4.23. The van der Waals surface area contributed by atoms with Crippen molar-refractivity contribution in [3.8, 4) is 0 Å². The van der Waals surface area contributed by atoms with Crippen LogP contribution in [0.5, 0.6) is 0 Å². The average molecular weight is 308 g/mol. The molecule has 2 saturated heterocycles. The molecule has 21 heavy (non-hydrogen) atoms. The molecule has 0 aromatic heterocycles. The molecular formula is C17H22ClNO2. The minimum atomic E-state index is -0.187. The summed E-state index contributed by atoms with van der Waals surface area (Å²) in [5, 5.41) is 0.770. The highest BCUT2D eigenvalue weighted by atomic mass is 35.5. The highest BCUT2D eigenvalue weighted by Crippen LogP contribution is 2.46. The van der Waals surface area contributed by atoms with Gasteiger partial charge in [-0.3, -0.25) is 4.79 Å². The second-order valence-electron chi connectivity index (χ2n) is 6.32. The number of carbonyl (C=O) groups is 1. The van der Waals surface area contributed by atoms with E-state index in [1.807, 2.05) is 12.1 Å². The van der Waals surface area contributed by atoms with Crippen LogP contribution in [0.3, 0.4) is 0 Å². The standard InChI is InChI=1S/C17H22ClNO2/c1-11(20)21-10-16-15(12-3-5-13(18)6-4-12)9-14-7-8-17(16)19(14)2/h3-6,14-17H,7-10H2,1-2H3/t14-,15+,16-,17+/m0/s1. The normalized spacial score (nSPS) is 32.1. The lowest BCUT2D eigenvalue weighted by atomic mass is 9.76. The van der Waals surface area contributed by atoms with E-state index in [1.165, 1.54) is 25.3 Å². The predicted molar refractivity (Wildman–Crippen MR) is 83.5 cm³/mol. The second-order valence-corrected chi connectivity index (χ2v) is 6.76. The fourth-order valence-corrected chi connectivity index (χ4v) is 4.24. The van der Waals surface area contributed by atoms with Crippen molar-refractivity contribution in [3.63, 3.8) is 0 Å². The van der Waals surface area contributed by atoms with Crippen molar-refractivity contribution >= 4 is 17.6 Å². The van der Waals surface area contributed by atoms with Gasteiger partial charge < -0.3 is 9.64 Å². The second kappa shape index (κ2) is 5.98. The monoisotopic (exact) mass is 307 g/mol. The summed E-state index contributed by atoms with van der Waals surface area (Å²) in [5.41, 5.74) is 1.32. The van der Waals surface area contributed by atoms with E-state index in [-0.39, 0.29) is 5.97 Å². The van der Waals surface area contributed by atoms with E-state index in [9.17, 15) is 4.79 Å². The van der Waals surface area contributed by atoms with Crippen LogP contribution in [0, 0.1) is 5.92 Å². The zero-order valence-electron chi connectivity index (χ0n) is 12.6. The summed E-state index contributed by atoms with van der Waals surface area (Å²) in [4.78, 5) is 13.7. The number of esters is 1. The number of hydrogen-bond donors (Lipinski definition) is 0. The molecular weight excluding hydrogens is 286 g/mol. The van der Waals surface area contributed by atoms with Gasteiger partial charge in [-0.1, -0.05) is 23.7 Å². The summed E-state index contributed by atoms with van der Waals surface area (Å²) in [7, 11) is 2.21. The van der Waals surface area contributed by atoms with Crippen LogP contribution < -0.4 is 0 Å². The number of halogens is 1. The van der Waals surface area contributed by atoms with Gasteiger partial charge in [-0.2, -0.15) is 0 Å². The molecule has 0 amide bonds. The Labute approximate surface area is 131 Å².